The Morgan fingerprint density at radius 3 is 2.73 bits per heavy atom. The van der Waals surface area contributed by atoms with Crippen LogP contribution in [-0.4, -0.2) is 31.3 Å². The van der Waals surface area contributed by atoms with Crippen LogP contribution in [0.1, 0.15) is 5.89 Å². The van der Waals surface area contributed by atoms with Crippen LogP contribution in [0, 0.1) is 0 Å². The first kappa shape index (κ1) is 8.00. The Kier molecular flexibility index (Phi) is 2.43. The number of hydrogen-bond acceptors (Lipinski definition) is 5. The van der Waals surface area contributed by atoms with Crippen LogP contribution >= 0.6 is 0 Å². The zero-order chi connectivity index (χ0) is 8.27. The fourth-order valence-electron chi connectivity index (χ4n) is 0.651. The highest BCUT2D eigenvalue weighted by atomic mass is 16.5. The van der Waals surface area contributed by atoms with Crippen molar-refractivity contribution >= 4 is 5.95 Å². The van der Waals surface area contributed by atoms with E-state index in [0.717, 1.165) is 0 Å². The van der Waals surface area contributed by atoms with Crippen molar-refractivity contribution in [2.75, 3.05) is 26.0 Å². The molecule has 0 aliphatic heterocycles. The molecule has 0 aromatic carbocycles. The van der Waals surface area contributed by atoms with Gasteiger partial charge < -0.3 is 14.7 Å². The molecular formula is C6H12N4O. The predicted octanol–water partition coefficient (Wildman–Crippen LogP) is -0.145. The summed E-state index contributed by atoms with van der Waals surface area (Å²) in [4.78, 5) is 5.88. The fourth-order valence-corrected chi connectivity index (χ4v) is 0.651. The monoisotopic (exact) mass is 156 g/mol. The Morgan fingerprint density at radius 2 is 2.27 bits per heavy atom. The minimum absolute atomic E-state index is 0.607. The van der Waals surface area contributed by atoms with E-state index in [1.54, 1.807) is 4.90 Å². The highest BCUT2D eigenvalue weighted by Gasteiger charge is 2.05. The van der Waals surface area contributed by atoms with Gasteiger partial charge in [-0.15, -0.1) is 0 Å². The predicted molar refractivity (Wildman–Crippen MR) is 41.4 cm³/mol. The number of rotatable bonds is 3. The van der Waals surface area contributed by atoms with Crippen molar-refractivity contribution in [3.63, 3.8) is 0 Å². The third kappa shape index (κ3) is 1.91. The van der Waals surface area contributed by atoms with E-state index in [9.17, 15) is 0 Å². The lowest BCUT2D eigenvalue weighted by Crippen LogP contribution is -2.11. The summed E-state index contributed by atoms with van der Waals surface area (Å²) < 4.78 is 4.90. The first-order chi connectivity index (χ1) is 5.24. The maximum Gasteiger partial charge on any atom is 0.265 e. The van der Waals surface area contributed by atoms with Crippen LogP contribution in [0.15, 0.2) is 4.52 Å². The molecule has 1 N–H and O–H groups in total. The molecule has 0 aliphatic rings. The van der Waals surface area contributed by atoms with E-state index in [0.29, 0.717) is 18.4 Å². The lowest BCUT2D eigenvalue weighted by atomic mass is 10.6. The number of nitrogens with zero attached hydrogens (tertiary/aromatic N) is 3. The molecule has 0 spiro atoms. The highest BCUT2D eigenvalue weighted by Crippen LogP contribution is 2.03. The molecule has 0 saturated carbocycles. The summed E-state index contributed by atoms with van der Waals surface area (Å²) in [5, 5.41) is 6.66. The Bertz CT molecular complexity index is 220. The molecule has 11 heavy (non-hydrogen) atoms. The zero-order valence-corrected chi connectivity index (χ0v) is 6.96. The maximum absolute atomic E-state index is 4.90. The van der Waals surface area contributed by atoms with Gasteiger partial charge in [0, 0.05) is 14.1 Å². The van der Waals surface area contributed by atoms with E-state index >= 15 is 0 Å². The number of hydrogen-bond donors (Lipinski definition) is 1. The van der Waals surface area contributed by atoms with Gasteiger partial charge in [0.25, 0.3) is 5.95 Å². The smallest absolute Gasteiger partial charge is 0.265 e. The summed E-state index contributed by atoms with van der Waals surface area (Å²) in [6.07, 6.45) is 0. The van der Waals surface area contributed by atoms with Gasteiger partial charge in [-0.25, -0.2) is 0 Å². The molecule has 1 aromatic rings. The van der Waals surface area contributed by atoms with Crippen molar-refractivity contribution in [2.45, 2.75) is 6.54 Å². The highest BCUT2D eigenvalue weighted by molar-refractivity contribution is 5.23. The third-order valence-electron chi connectivity index (χ3n) is 1.19. The SMILES string of the molecule is CNCc1nc(N(C)C)no1. The lowest BCUT2D eigenvalue weighted by molar-refractivity contribution is 0.371. The first-order valence-corrected chi connectivity index (χ1v) is 3.38. The molecule has 1 aromatic heterocycles. The molecule has 62 valence electrons. The number of aromatic nitrogens is 2. The molecule has 0 atom stereocenters. The molecule has 0 radical (unpaired) electrons. The van der Waals surface area contributed by atoms with Crippen LogP contribution < -0.4 is 10.2 Å². The van der Waals surface area contributed by atoms with Gasteiger partial charge >= 0.3 is 0 Å². The van der Waals surface area contributed by atoms with Gasteiger partial charge in [0.05, 0.1) is 6.54 Å². The molecule has 0 aliphatic carbocycles. The molecule has 0 amide bonds. The van der Waals surface area contributed by atoms with Crippen LogP contribution in [0.3, 0.4) is 0 Å². The van der Waals surface area contributed by atoms with E-state index in [4.69, 9.17) is 4.52 Å². The molecule has 0 bridgehead atoms. The van der Waals surface area contributed by atoms with Crippen LogP contribution in [0.25, 0.3) is 0 Å². The molecule has 5 heteroatoms. The van der Waals surface area contributed by atoms with E-state index in [2.05, 4.69) is 15.5 Å². The molecule has 0 saturated heterocycles. The van der Waals surface area contributed by atoms with Crippen molar-refractivity contribution in [2.24, 2.45) is 0 Å². The minimum atomic E-state index is 0.607. The van der Waals surface area contributed by atoms with Crippen LogP contribution in [-0.2, 0) is 6.54 Å². The summed E-state index contributed by atoms with van der Waals surface area (Å²) in [5.41, 5.74) is 0. The van der Waals surface area contributed by atoms with E-state index in [1.165, 1.54) is 0 Å². The van der Waals surface area contributed by atoms with Crippen LogP contribution in [0.5, 0.6) is 0 Å². The lowest BCUT2D eigenvalue weighted by Gasteiger charge is -2.02. The second kappa shape index (κ2) is 3.34. The standard InChI is InChI=1S/C6H12N4O/c1-7-4-5-8-6(9-11-5)10(2)3/h7H,4H2,1-3H3. The quantitative estimate of drug-likeness (QED) is 0.659. The summed E-state index contributed by atoms with van der Waals surface area (Å²) >= 11 is 0. The summed E-state index contributed by atoms with van der Waals surface area (Å²) in [7, 11) is 5.57. The largest absolute Gasteiger partial charge is 0.344 e. The molecule has 0 unspecified atom stereocenters. The maximum atomic E-state index is 4.90. The van der Waals surface area contributed by atoms with E-state index in [-0.39, 0.29) is 0 Å². The van der Waals surface area contributed by atoms with Crippen molar-refractivity contribution in [1.82, 2.24) is 15.5 Å². The molecule has 5 nitrogen and oxygen atoms in total. The summed E-state index contributed by atoms with van der Waals surface area (Å²) in [5.74, 6) is 1.21. The first-order valence-electron chi connectivity index (χ1n) is 3.38. The fraction of sp³-hybridized carbons (Fsp3) is 0.667. The van der Waals surface area contributed by atoms with Gasteiger partial charge in [-0.3, -0.25) is 0 Å². The summed E-state index contributed by atoms with van der Waals surface area (Å²) in [6.45, 7) is 0.612. The Hall–Kier alpha value is -1.10. The second-order valence-corrected chi connectivity index (χ2v) is 2.41. The van der Waals surface area contributed by atoms with Crippen LogP contribution in [0.4, 0.5) is 5.95 Å². The minimum Gasteiger partial charge on any atom is -0.344 e. The van der Waals surface area contributed by atoms with Gasteiger partial charge in [0.1, 0.15) is 0 Å². The van der Waals surface area contributed by atoms with Crippen molar-refractivity contribution < 1.29 is 4.52 Å². The Balaban J connectivity index is 2.66. The van der Waals surface area contributed by atoms with Crippen LogP contribution in [0.2, 0.25) is 0 Å². The molecule has 1 heterocycles. The molecular weight excluding hydrogens is 144 g/mol. The van der Waals surface area contributed by atoms with E-state index in [1.807, 2.05) is 21.1 Å². The van der Waals surface area contributed by atoms with Gasteiger partial charge in [-0.2, -0.15) is 4.98 Å². The Labute approximate surface area is 65.4 Å². The van der Waals surface area contributed by atoms with Crippen molar-refractivity contribution in [3.05, 3.63) is 5.89 Å². The van der Waals surface area contributed by atoms with Gasteiger partial charge in [0.2, 0.25) is 5.89 Å². The third-order valence-corrected chi connectivity index (χ3v) is 1.19. The summed E-state index contributed by atoms with van der Waals surface area (Å²) in [6, 6.07) is 0. The molecule has 0 fully saturated rings. The van der Waals surface area contributed by atoms with Gasteiger partial charge in [-0.1, -0.05) is 0 Å². The molecule has 1 rings (SSSR count). The topological polar surface area (TPSA) is 54.2 Å². The second-order valence-electron chi connectivity index (χ2n) is 2.41. The number of nitrogens with one attached hydrogen (secondary N) is 1. The Morgan fingerprint density at radius 1 is 1.55 bits per heavy atom. The average molecular weight is 156 g/mol. The van der Waals surface area contributed by atoms with Crippen molar-refractivity contribution in [3.8, 4) is 0 Å². The zero-order valence-electron chi connectivity index (χ0n) is 6.96. The number of anilines is 1. The normalized spacial score (nSPS) is 10.1. The van der Waals surface area contributed by atoms with Crippen molar-refractivity contribution in [1.29, 1.82) is 0 Å². The van der Waals surface area contributed by atoms with E-state index < -0.39 is 0 Å². The van der Waals surface area contributed by atoms with Gasteiger partial charge in [-0.05, 0) is 12.2 Å². The van der Waals surface area contributed by atoms with Gasteiger partial charge in [0.15, 0.2) is 0 Å². The average Bonchev–Trinajstić information content (AvgIpc) is 2.37.